The van der Waals surface area contributed by atoms with Gasteiger partial charge in [-0.2, -0.15) is 0 Å². The van der Waals surface area contributed by atoms with Gasteiger partial charge in [0.15, 0.2) is 0 Å². The number of rotatable bonds is 8. The SMILES string of the molecule is COC(C)(C)CCOc1ccc(CNC(C)C)c(C)n1. The molecule has 0 radical (unpaired) electrons. The van der Waals surface area contributed by atoms with E-state index in [0.717, 1.165) is 18.7 Å². The molecule has 1 aromatic heterocycles. The predicted octanol–water partition coefficient (Wildman–Crippen LogP) is 3.08. The smallest absolute Gasteiger partial charge is 0.213 e. The van der Waals surface area contributed by atoms with Crippen molar-refractivity contribution in [2.75, 3.05) is 13.7 Å². The Morgan fingerprint density at radius 3 is 2.55 bits per heavy atom. The van der Waals surface area contributed by atoms with E-state index in [1.807, 2.05) is 13.0 Å². The topological polar surface area (TPSA) is 43.4 Å². The summed E-state index contributed by atoms with van der Waals surface area (Å²) in [7, 11) is 1.72. The minimum atomic E-state index is -0.157. The minimum absolute atomic E-state index is 0.157. The number of methoxy groups -OCH3 is 1. The number of pyridine rings is 1. The van der Waals surface area contributed by atoms with Crippen molar-refractivity contribution in [2.45, 2.75) is 59.2 Å². The minimum Gasteiger partial charge on any atom is -0.478 e. The van der Waals surface area contributed by atoms with E-state index in [1.54, 1.807) is 7.11 Å². The molecule has 1 rings (SSSR count). The number of hydrogen-bond donors (Lipinski definition) is 1. The van der Waals surface area contributed by atoms with E-state index in [1.165, 1.54) is 5.56 Å². The van der Waals surface area contributed by atoms with Gasteiger partial charge in [-0.25, -0.2) is 4.98 Å². The first-order valence-electron chi connectivity index (χ1n) is 7.22. The first kappa shape index (κ1) is 16.9. The highest BCUT2D eigenvalue weighted by atomic mass is 16.5. The lowest BCUT2D eigenvalue weighted by atomic mass is 10.1. The maximum atomic E-state index is 5.69. The molecule has 0 amide bonds. The Kier molecular flexibility index (Phi) is 6.43. The molecule has 0 saturated carbocycles. The molecule has 0 fully saturated rings. The molecule has 0 aromatic carbocycles. The number of nitrogens with one attached hydrogen (secondary N) is 1. The molecule has 0 atom stereocenters. The highest BCUT2D eigenvalue weighted by Crippen LogP contribution is 2.16. The molecule has 1 aromatic rings. The van der Waals surface area contributed by atoms with Gasteiger partial charge in [0.2, 0.25) is 5.88 Å². The van der Waals surface area contributed by atoms with Crippen LogP contribution in [-0.2, 0) is 11.3 Å². The zero-order chi connectivity index (χ0) is 15.2. The third-order valence-electron chi connectivity index (χ3n) is 3.38. The van der Waals surface area contributed by atoms with Crippen molar-refractivity contribution in [3.05, 3.63) is 23.4 Å². The van der Waals surface area contributed by atoms with Crippen LogP contribution in [-0.4, -0.2) is 30.3 Å². The summed E-state index contributed by atoms with van der Waals surface area (Å²) < 4.78 is 11.1. The molecule has 1 heterocycles. The van der Waals surface area contributed by atoms with Crippen molar-refractivity contribution in [1.82, 2.24) is 10.3 Å². The van der Waals surface area contributed by atoms with Gasteiger partial charge in [0.25, 0.3) is 0 Å². The molecular formula is C16H28N2O2. The van der Waals surface area contributed by atoms with E-state index >= 15 is 0 Å². The fourth-order valence-electron chi connectivity index (χ4n) is 1.65. The van der Waals surface area contributed by atoms with Gasteiger partial charge < -0.3 is 14.8 Å². The van der Waals surface area contributed by atoms with Crippen molar-refractivity contribution in [3.8, 4) is 5.88 Å². The summed E-state index contributed by atoms with van der Waals surface area (Å²) in [6.45, 7) is 11.8. The highest BCUT2D eigenvalue weighted by molar-refractivity contribution is 5.24. The van der Waals surface area contributed by atoms with Crippen LogP contribution in [0.1, 0.15) is 45.4 Å². The number of aryl methyl sites for hydroxylation is 1. The van der Waals surface area contributed by atoms with Crippen LogP contribution in [0, 0.1) is 6.92 Å². The fraction of sp³-hybridized carbons (Fsp3) is 0.688. The summed E-state index contributed by atoms with van der Waals surface area (Å²) in [6.07, 6.45) is 0.834. The van der Waals surface area contributed by atoms with Crippen molar-refractivity contribution in [2.24, 2.45) is 0 Å². The molecule has 0 saturated heterocycles. The first-order valence-corrected chi connectivity index (χ1v) is 7.22. The van der Waals surface area contributed by atoms with Crippen LogP contribution in [0.15, 0.2) is 12.1 Å². The van der Waals surface area contributed by atoms with Crippen LogP contribution < -0.4 is 10.1 Å². The lowest BCUT2D eigenvalue weighted by Gasteiger charge is -2.22. The van der Waals surface area contributed by atoms with Crippen LogP contribution in [0.5, 0.6) is 5.88 Å². The predicted molar refractivity (Wildman–Crippen MR) is 82.1 cm³/mol. The van der Waals surface area contributed by atoms with Gasteiger partial charge in [-0.3, -0.25) is 0 Å². The van der Waals surface area contributed by atoms with Crippen LogP contribution in [0.2, 0.25) is 0 Å². The first-order chi connectivity index (χ1) is 9.34. The number of aromatic nitrogens is 1. The van der Waals surface area contributed by atoms with Crippen molar-refractivity contribution < 1.29 is 9.47 Å². The molecule has 0 aliphatic rings. The van der Waals surface area contributed by atoms with Crippen LogP contribution in [0.4, 0.5) is 0 Å². The number of hydrogen-bond acceptors (Lipinski definition) is 4. The molecular weight excluding hydrogens is 252 g/mol. The Bertz CT molecular complexity index is 417. The molecule has 1 N–H and O–H groups in total. The quantitative estimate of drug-likeness (QED) is 0.794. The lowest BCUT2D eigenvalue weighted by molar-refractivity contribution is 0.00507. The largest absolute Gasteiger partial charge is 0.478 e. The molecule has 20 heavy (non-hydrogen) atoms. The second kappa shape index (κ2) is 7.60. The summed E-state index contributed by atoms with van der Waals surface area (Å²) in [4.78, 5) is 4.49. The van der Waals surface area contributed by atoms with Gasteiger partial charge in [0.1, 0.15) is 0 Å². The van der Waals surface area contributed by atoms with E-state index in [9.17, 15) is 0 Å². The second-order valence-electron chi connectivity index (χ2n) is 5.99. The molecule has 0 bridgehead atoms. The number of nitrogens with zero attached hydrogens (tertiary/aromatic N) is 1. The second-order valence-corrected chi connectivity index (χ2v) is 5.99. The van der Waals surface area contributed by atoms with E-state index < -0.39 is 0 Å². The zero-order valence-electron chi connectivity index (χ0n) is 13.6. The van der Waals surface area contributed by atoms with E-state index in [4.69, 9.17) is 9.47 Å². The molecule has 0 spiro atoms. The van der Waals surface area contributed by atoms with Crippen molar-refractivity contribution in [1.29, 1.82) is 0 Å². The molecule has 0 aliphatic carbocycles. The van der Waals surface area contributed by atoms with Crippen molar-refractivity contribution in [3.63, 3.8) is 0 Å². The van der Waals surface area contributed by atoms with Gasteiger partial charge in [-0.15, -0.1) is 0 Å². The molecule has 0 aliphatic heterocycles. The number of ether oxygens (including phenoxy) is 2. The molecule has 114 valence electrons. The Morgan fingerprint density at radius 2 is 2.00 bits per heavy atom. The Morgan fingerprint density at radius 1 is 1.30 bits per heavy atom. The Labute approximate surface area is 122 Å². The third kappa shape index (κ3) is 5.88. The maximum Gasteiger partial charge on any atom is 0.213 e. The van der Waals surface area contributed by atoms with Gasteiger partial charge in [0, 0.05) is 37.9 Å². The van der Waals surface area contributed by atoms with E-state index in [0.29, 0.717) is 18.5 Å². The van der Waals surface area contributed by atoms with Crippen LogP contribution in [0.3, 0.4) is 0 Å². The maximum absolute atomic E-state index is 5.69. The average Bonchev–Trinajstić information content (AvgIpc) is 2.37. The van der Waals surface area contributed by atoms with Gasteiger partial charge in [-0.05, 0) is 26.3 Å². The van der Waals surface area contributed by atoms with Crippen molar-refractivity contribution >= 4 is 0 Å². The fourth-order valence-corrected chi connectivity index (χ4v) is 1.65. The summed E-state index contributed by atoms with van der Waals surface area (Å²) in [5.41, 5.74) is 2.07. The monoisotopic (exact) mass is 280 g/mol. The standard InChI is InChI=1S/C16H28N2O2/c1-12(2)17-11-14-7-8-15(18-13(14)3)20-10-9-16(4,5)19-6/h7-8,12,17H,9-11H2,1-6H3. The summed E-state index contributed by atoms with van der Waals surface area (Å²) >= 11 is 0. The third-order valence-corrected chi connectivity index (χ3v) is 3.38. The average molecular weight is 280 g/mol. The van der Waals surface area contributed by atoms with E-state index in [-0.39, 0.29) is 5.60 Å². The Balaban J connectivity index is 2.51. The van der Waals surface area contributed by atoms with Crippen LogP contribution >= 0.6 is 0 Å². The molecule has 0 unspecified atom stereocenters. The van der Waals surface area contributed by atoms with Gasteiger partial charge in [-0.1, -0.05) is 19.9 Å². The summed E-state index contributed by atoms with van der Waals surface area (Å²) in [6, 6.07) is 4.49. The Hall–Kier alpha value is -1.13. The normalized spacial score (nSPS) is 11.9. The van der Waals surface area contributed by atoms with E-state index in [2.05, 4.69) is 44.1 Å². The van der Waals surface area contributed by atoms with Gasteiger partial charge in [0.05, 0.1) is 12.2 Å². The summed E-state index contributed by atoms with van der Waals surface area (Å²) in [5.74, 6) is 0.683. The summed E-state index contributed by atoms with van der Waals surface area (Å²) in [5, 5.41) is 3.40. The molecule has 4 nitrogen and oxygen atoms in total. The zero-order valence-corrected chi connectivity index (χ0v) is 13.6. The highest BCUT2D eigenvalue weighted by Gasteiger charge is 2.16. The molecule has 4 heteroatoms. The van der Waals surface area contributed by atoms with Crippen LogP contribution in [0.25, 0.3) is 0 Å². The lowest BCUT2D eigenvalue weighted by Crippen LogP contribution is -2.25. The van der Waals surface area contributed by atoms with Gasteiger partial charge >= 0.3 is 0 Å².